The van der Waals surface area contributed by atoms with E-state index in [0.29, 0.717) is 51.6 Å². The van der Waals surface area contributed by atoms with Crippen LogP contribution in [0.2, 0.25) is 25.7 Å². The summed E-state index contributed by atoms with van der Waals surface area (Å²) in [5.41, 5.74) is 1.41. The first-order valence-corrected chi connectivity index (χ1v) is 18.1. The molecule has 1 aliphatic carbocycles. The summed E-state index contributed by atoms with van der Waals surface area (Å²) in [6.07, 6.45) is 6.01. The fourth-order valence-corrected chi connectivity index (χ4v) is 7.00. The number of hydrogen-bond acceptors (Lipinski definition) is 8. The molecule has 12 heteroatoms. The molecule has 0 spiro atoms. The molecule has 1 saturated carbocycles. The minimum absolute atomic E-state index is 0.131. The Balaban J connectivity index is 1.57. The third-order valence-corrected chi connectivity index (χ3v) is 11.0. The molecule has 1 saturated heterocycles. The molecule has 3 aromatic heterocycles. The molecule has 5 rings (SSSR count). The van der Waals surface area contributed by atoms with Crippen LogP contribution in [0.15, 0.2) is 24.5 Å². The summed E-state index contributed by atoms with van der Waals surface area (Å²) in [6.45, 7) is 12.0. The number of pyridine rings is 1. The van der Waals surface area contributed by atoms with Crippen LogP contribution in [0.5, 0.6) is 0 Å². The number of hydrogen-bond donors (Lipinski definition) is 0. The molecule has 0 bridgehead atoms. The molecule has 1 unspecified atom stereocenters. The number of anilines is 1. The van der Waals surface area contributed by atoms with Crippen molar-refractivity contribution in [2.75, 3.05) is 37.5 Å². The van der Waals surface area contributed by atoms with Crippen LogP contribution >= 0.6 is 0 Å². The van der Waals surface area contributed by atoms with E-state index in [9.17, 15) is 8.42 Å². The Morgan fingerprint density at radius 3 is 2.69 bits per heavy atom. The van der Waals surface area contributed by atoms with Crippen molar-refractivity contribution in [3.8, 4) is 5.82 Å². The first-order chi connectivity index (χ1) is 17.0. The van der Waals surface area contributed by atoms with Crippen molar-refractivity contribution >= 4 is 34.8 Å². The van der Waals surface area contributed by atoms with E-state index in [4.69, 9.17) is 14.5 Å². The number of sulfone groups is 1. The van der Waals surface area contributed by atoms with Crippen molar-refractivity contribution in [1.82, 2.24) is 24.5 Å². The lowest BCUT2D eigenvalue weighted by atomic mass is 10.1. The van der Waals surface area contributed by atoms with Crippen LogP contribution in [0.4, 0.5) is 5.82 Å². The number of fused-ring (bicyclic) bond motifs is 1. The normalized spacial score (nSPS) is 20.2. The van der Waals surface area contributed by atoms with Crippen LogP contribution in [0, 0.1) is 0 Å². The van der Waals surface area contributed by atoms with Gasteiger partial charge in [0.2, 0.25) is 0 Å². The molecule has 4 heterocycles. The zero-order valence-corrected chi connectivity index (χ0v) is 23.6. The zero-order chi connectivity index (χ0) is 25.7. The van der Waals surface area contributed by atoms with Gasteiger partial charge in [-0.05, 0) is 37.4 Å². The van der Waals surface area contributed by atoms with Crippen LogP contribution in [-0.2, 0) is 30.8 Å². The average molecular weight is 533 g/mol. The summed E-state index contributed by atoms with van der Waals surface area (Å²) in [6, 6.07) is 5.05. The molecule has 36 heavy (non-hydrogen) atoms. The monoisotopic (exact) mass is 532 g/mol. The molecular formula is C24H36N6O4SSi. The minimum Gasteiger partial charge on any atom is -0.377 e. The van der Waals surface area contributed by atoms with Gasteiger partial charge in [0.25, 0.3) is 0 Å². The first kappa shape index (κ1) is 25.4. The maximum Gasteiger partial charge on any atom is 0.167 e. The highest BCUT2D eigenvalue weighted by molar-refractivity contribution is 7.92. The molecular weight excluding hydrogens is 496 g/mol. The number of ether oxygens (including phenoxy) is 2. The van der Waals surface area contributed by atoms with E-state index in [1.165, 1.54) is 6.26 Å². The van der Waals surface area contributed by atoms with Gasteiger partial charge in [0.1, 0.15) is 12.5 Å². The molecule has 0 aromatic carbocycles. The molecule has 0 radical (unpaired) electrons. The van der Waals surface area contributed by atoms with Crippen molar-refractivity contribution in [2.24, 2.45) is 0 Å². The highest BCUT2D eigenvalue weighted by atomic mass is 32.2. The van der Waals surface area contributed by atoms with Gasteiger partial charge >= 0.3 is 0 Å². The predicted molar refractivity (Wildman–Crippen MR) is 142 cm³/mol. The van der Waals surface area contributed by atoms with Crippen molar-refractivity contribution in [3.63, 3.8) is 0 Å². The second-order valence-electron chi connectivity index (χ2n) is 11.2. The van der Waals surface area contributed by atoms with Crippen molar-refractivity contribution < 1.29 is 17.9 Å². The Kier molecular flexibility index (Phi) is 6.50. The van der Waals surface area contributed by atoms with Gasteiger partial charge in [-0.15, -0.1) is 0 Å². The van der Waals surface area contributed by atoms with Crippen LogP contribution in [0.3, 0.4) is 0 Å². The first-order valence-electron chi connectivity index (χ1n) is 12.5. The van der Waals surface area contributed by atoms with E-state index >= 15 is 0 Å². The highest BCUT2D eigenvalue weighted by Gasteiger charge is 2.55. The van der Waals surface area contributed by atoms with Gasteiger partial charge in [-0.25, -0.2) is 18.1 Å². The smallest absolute Gasteiger partial charge is 0.167 e. The summed E-state index contributed by atoms with van der Waals surface area (Å²) in [5.74, 6) is 1.48. The van der Waals surface area contributed by atoms with Crippen LogP contribution in [0.25, 0.3) is 16.9 Å². The van der Waals surface area contributed by atoms with Gasteiger partial charge in [-0.1, -0.05) is 19.6 Å². The Hall–Kier alpha value is -2.28. The van der Waals surface area contributed by atoms with Crippen molar-refractivity contribution in [3.05, 3.63) is 30.1 Å². The largest absolute Gasteiger partial charge is 0.377 e. The van der Waals surface area contributed by atoms with Crippen molar-refractivity contribution in [2.45, 2.75) is 63.0 Å². The molecule has 196 valence electrons. The Labute approximate surface area is 213 Å². The molecule has 1 aliphatic heterocycles. The summed E-state index contributed by atoms with van der Waals surface area (Å²) in [4.78, 5) is 7.21. The van der Waals surface area contributed by atoms with E-state index in [1.54, 1.807) is 21.8 Å². The number of nitrogens with zero attached hydrogens (tertiary/aromatic N) is 6. The van der Waals surface area contributed by atoms with Gasteiger partial charge in [0.15, 0.2) is 21.3 Å². The lowest BCUT2D eigenvalue weighted by Gasteiger charge is -2.34. The summed E-state index contributed by atoms with van der Waals surface area (Å²) in [7, 11) is -4.51. The minimum atomic E-state index is -3.32. The molecule has 2 fully saturated rings. The molecule has 10 nitrogen and oxygen atoms in total. The van der Waals surface area contributed by atoms with Gasteiger partial charge in [-0.3, -0.25) is 0 Å². The number of aromatic nitrogens is 5. The van der Waals surface area contributed by atoms with E-state index in [-0.39, 0.29) is 6.04 Å². The maximum atomic E-state index is 12.9. The van der Waals surface area contributed by atoms with Crippen LogP contribution in [-0.4, -0.2) is 79.7 Å². The third kappa shape index (κ3) is 4.71. The van der Waals surface area contributed by atoms with Gasteiger partial charge in [0, 0.05) is 38.9 Å². The summed E-state index contributed by atoms with van der Waals surface area (Å²) >= 11 is 0. The molecule has 1 atom stereocenters. The topological polar surface area (TPSA) is 104 Å². The number of rotatable bonds is 9. The lowest BCUT2D eigenvalue weighted by Crippen LogP contribution is -2.44. The van der Waals surface area contributed by atoms with Gasteiger partial charge in [0.05, 0.1) is 36.4 Å². The summed E-state index contributed by atoms with van der Waals surface area (Å²) in [5, 5.41) is 9.87. The maximum absolute atomic E-state index is 12.9. The lowest BCUT2D eigenvalue weighted by molar-refractivity contribution is 0.0782. The van der Waals surface area contributed by atoms with Crippen LogP contribution < -0.4 is 4.90 Å². The van der Waals surface area contributed by atoms with Crippen LogP contribution in [0.1, 0.15) is 25.3 Å². The fourth-order valence-electron chi connectivity index (χ4n) is 4.83. The molecule has 2 aliphatic rings. The number of morpholine rings is 1. The van der Waals surface area contributed by atoms with E-state index in [2.05, 4.69) is 41.7 Å². The molecule has 3 aromatic rings. The second kappa shape index (κ2) is 9.23. The van der Waals surface area contributed by atoms with Gasteiger partial charge in [-0.2, -0.15) is 14.9 Å². The predicted octanol–water partition coefficient (Wildman–Crippen LogP) is 3.19. The van der Waals surface area contributed by atoms with E-state index < -0.39 is 22.7 Å². The standard InChI is InChI=1S/C24H36N6O4SSi/c1-18-16-33-11-10-28(18)21-14-20(24(7-8-24)35(2,31)32)19-15-26-30(23(19)27-21)22-6-9-25-29(22)17-34-12-13-36(3,4)5/h6,9,14-15,18H,7-8,10-13,16-17H2,1-5H3. The SMILES string of the molecule is CC1COCCN1c1cc(C2(S(C)(=O)=O)CC2)c2cnn(-c3ccnn3COCC[Si](C)(C)C)c2n1. The third-order valence-electron chi connectivity index (χ3n) is 7.22. The second-order valence-corrected chi connectivity index (χ2v) is 19.2. The van der Waals surface area contributed by atoms with Gasteiger partial charge < -0.3 is 14.4 Å². The Morgan fingerprint density at radius 1 is 1.25 bits per heavy atom. The van der Waals surface area contributed by atoms with E-state index in [0.717, 1.165) is 28.6 Å². The fraction of sp³-hybridized carbons (Fsp3) is 0.625. The highest BCUT2D eigenvalue weighted by Crippen LogP contribution is 2.54. The Bertz CT molecular complexity index is 1360. The molecule has 0 N–H and O–H groups in total. The zero-order valence-electron chi connectivity index (χ0n) is 21.8. The molecule has 0 amide bonds. The van der Waals surface area contributed by atoms with E-state index in [1.807, 2.05) is 12.1 Å². The average Bonchev–Trinajstić information content (AvgIpc) is 3.33. The van der Waals surface area contributed by atoms with Crippen molar-refractivity contribution in [1.29, 1.82) is 0 Å². The Morgan fingerprint density at radius 2 is 2.03 bits per heavy atom. The quantitative estimate of drug-likeness (QED) is 0.306. The summed E-state index contributed by atoms with van der Waals surface area (Å²) < 4.78 is 40.0.